The van der Waals surface area contributed by atoms with Crippen molar-refractivity contribution in [3.63, 3.8) is 0 Å². The van der Waals surface area contributed by atoms with Crippen molar-refractivity contribution >= 4 is 11.8 Å². The standard InChI is InChI=1S/C20H27N3O3/c1-21-11-12-23-13-17(18(24)20(23)26)19(25)22-16-9-7-15(8-10-16)14-5-3-2-4-6-14/h2-6,15-16,21,24H,7-13H2,1H3,(H,22,25). The summed E-state index contributed by atoms with van der Waals surface area (Å²) in [4.78, 5) is 26.0. The summed E-state index contributed by atoms with van der Waals surface area (Å²) in [6, 6.07) is 10.6. The van der Waals surface area contributed by atoms with Gasteiger partial charge in [-0.05, 0) is 44.2 Å². The third-order valence-electron chi connectivity index (χ3n) is 5.36. The van der Waals surface area contributed by atoms with Crippen LogP contribution >= 0.6 is 0 Å². The molecule has 0 bridgehead atoms. The molecule has 0 spiro atoms. The quantitative estimate of drug-likeness (QED) is 0.724. The predicted octanol–water partition coefficient (Wildman–Crippen LogP) is 1.70. The van der Waals surface area contributed by atoms with Crippen LogP contribution in [-0.4, -0.2) is 54.5 Å². The molecule has 1 aliphatic carbocycles. The smallest absolute Gasteiger partial charge is 0.289 e. The van der Waals surface area contributed by atoms with Crippen molar-refractivity contribution in [2.75, 3.05) is 26.7 Å². The van der Waals surface area contributed by atoms with Crippen molar-refractivity contribution < 1.29 is 14.7 Å². The van der Waals surface area contributed by atoms with E-state index >= 15 is 0 Å². The second-order valence-electron chi connectivity index (χ2n) is 7.09. The number of aliphatic hydroxyl groups excluding tert-OH is 1. The zero-order valence-corrected chi connectivity index (χ0v) is 15.2. The minimum absolute atomic E-state index is 0.101. The maximum Gasteiger partial charge on any atom is 0.289 e. The summed E-state index contributed by atoms with van der Waals surface area (Å²) in [7, 11) is 1.80. The van der Waals surface area contributed by atoms with Crippen LogP contribution in [0.1, 0.15) is 37.2 Å². The van der Waals surface area contributed by atoms with Crippen LogP contribution in [0.3, 0.4) is 0 Å². The molecule has 1 saturated carbocycles. The molecule has 0 radical (unpaired) electrons. The van der Waals surface area contributed by atoms with Crippen LogP contribution in [-0.2, 0) is 9.59 Å². The molecule has 6 nitrogen and oxygen atoms in total. The molecule has 140 valence electrons. The predicted molar refractivity (Wildman–Crippen MR) is 99.7 cm³/mol. The van der Waals surface area contributed by atoms with Gasteiger partial charge in [-0.1, -0.05) is 30.3 Å². The molecule has 0 saturated heterocycles. The summed E-state index contributed by atoms with van der Waals surface area (Å²) in [5.74, 6) is -0.636. The van der Waals surface area contributed by atoms with E-state index in [1.165, 1.54) is 10.5 Å². The van der Waals surface area contributed by atoms with Gasteiger partial charge in [0.15, 0.2) is 5.76 Å². The molecule has 26 heavy (non-hydrogen) atoms. The van der Waals surface area contributed by atoms with E-state index in [0.717, 1.165) is 25.7 Å². The second-order valence-corrected chi connectivity index (χ2v) is 7.09. The van der Waals surface area contributed by atoms with Gasteiger partial charge in [-0.15, -0.1) is 0 Å². The molecule has 0 aromatic heterocycles. The highest BCUT2D eigenvalue weighted by Gasteiger charge is 2.34. The molecule has 2 amide bonds. The number of rotatable bonds is 6. The number of hydrogen-bond acceptors (Lipinski definition) is 4. The number of aliphatic hydroxyl groups is 1. The fraction of sp³-hybridized carbons (Fsp3) is 0.500. The first-order valence-corrected chi connectivity index (χ1v) is 9.32. The topological polar surface area (TPSA) is 81.7 Å². The maximum atomic E-state index is 12.5. The Morgan fingerprint density at radius 1 is 1.19 bits per heavy atom. The van der Waals surface area contributed by atoms with Gasteiger partial charge in [0.1, 0.15) is 0 Å². The van der Waals surface area contributed by atoms with E-state index in [1.807, 2.05) is 6.07 Å². The van der Waals surface area contributed by atoms with Crippen molar-refractivity contribution in [2.24, 2.45) is 0 Å². The van der Waals surface area contributed by atoms with E-state index in [2.05, 4.69) is 34.9 Å². The Morgan fingerprint density at radius 2 is 1.88 bits per heavy atom. The van der Waals surface area contributed by atoms with Gasteiger partial charge in [0.25, 0.3) is 11.8 Å². The van der Waals surface area contributed by atoms with E-state index < -0.39 is 11.7 Å². The van der Waals surface area contributed by atoms with E-state index in [9.17, 15) is 14.7 Å². The highest BCUT2D eigenvalue weighted by atomic mass is 16.3. The van der Waals surface area contributed by atoms with Crippen molar-refractivity contribution in [1.29, 1.82) is 0 Å². The molecule has 1 heterocycles. The lowest BCUT2D eigenvalue weighted by molar-refractivity contribution is -0.127. The van der Waals surface area contributed by atoms with Gasteiger partial charge in [-0.2, -0.15) is 0 Å². The van der Waals surface area contributed by atoms with Crippen molar-refractivity contribution in [2.45, 2.75) is 37.6 Å². The molecular formula is C20H27N3O3. The summed E-state index contributed by atoms with van der Waals surface area (Å²) < 4.78 is 0. The monoisotopic (exact) mass is 357 g/mol. The first-order valence-electron chi connectivity index (χ1n) is 9.32. The Kier molecular flexibility index (Phi) is 5.93. The summed E-state index contributed by atoms with van der Waals surface area (Å²) in [6.45, 7) is 1.27. The SMILES string of the molecule is CNCCN1CC(C(=O)NC2CCC(c3ccccc3)CC2)=C(O)C1=O. The zero-order chi connectivity index (χ0) is 18.5. The van der Waals surface area contributed by atoms with Gasteiger partial charge >= 0.3 is 0 Å². The molecule has 1 aromatic carbocycles. The lowest BCUT2D eigenvalue weighted by Gasteiger charge is -2.29. The molecule has 0 unspecified atom stereocenters. The van der Waals surface area contributed by atoms with Crippen molar-refractivity contribution in [3.8, 4) is 0 Å². The molecule has 1 aliphatic heterocycles. The highest BCUT2D eigenvalue weighted by molar-refractivity contribution is 6.07. The summed E-state index contributed by atoms with van der Waals surface area (Å²) in [6.07, 6.45) is 3.90. The van der Waals surface area contributed by atoms with E-state index in [1.54, 1.807) is 7.05 Å². The number of benzene rings is 1. The van der Waals surface area contributed by atoms with E-state index in [4.69, 9.17) is 0 Å². The van der Waals surface area contributed by atoms with Crippen molar-refractivity contribution in [1.82, 2.24) is 15.5 Å². The number of nitrogens with one attached hydrogen (secondary N) is 2. The van der Waals surface area contributed by atoms with Crippen LogP contribution in [0.2, 0.25) is 0 Å². The Balaban J connectivity index is 1.52. The third-order valence-corrected chi connectivity index (χ3v) is 5.36. The average Bonchev–Trinajstić information content (AvgIpc) is 2.96. The normalized spacial score (nSPS) is 23.4. The van der Waals surface area contributed by atoms with Gasteiger partial charge in [-0.3, -0.25) is 9.59 Å². The number of amides is 2. The molecule has 6 heteroatoms. The fourth-order valence-corrected chi connectivity index (χ4v) is 3.79. The number of hydrogen-bond donors (Lipinski definition) is 3. The van der Waals surface area contributed by atoms with Gasteiger partial charge in [0, 0.05) is 19.1 Å². The summed E-state index contributed by atoms with van der Waals surface area (Å²) in [5, 5.41) is 16.0. The van der Waals surface area contributed by atoms with Crippen LogP contribution in [0.25, 0.3) is 0 Å². The van der Waals surface area contributed by atoms with Gasteiger partial charge in [0.2, 0.25) is 0 Å². The minimum Gasteiger partial charge on any atom is -0.503 e. The number of carbonyl (C=O) groups is 2. The Labute approximate surface area is 154 Å². The average molecular weight is 357 g/mol. The van der Waals surface area contributed by atoms with E-state index in [-0.39, 0.29) is 24.1 Å². The summed E-state index contributed by atoms with van der Waals surface area (Å²) >= 11 is 0. The van der Waals surface area contributed by atoms with Crippen LogP contribution in [0.5, 0.6) is 0 Å². The zero-order valence-electron chi connectivity index (χ0n) is 15.2. The third kappa shape index (κ3) is 4.07. The lowest BCUT2D eigenvalue weighted by atomic mass is 9.82. The van der Waals surface area contributed by atoms with Crippen LogP contribution in [0.4, 0.5) is 0 Å². The Hall–Kier alpha value is -2.34. The van der Waals surface area contributed by atoms with Crippen LogP contribution in [0, 0.1) is 0 Å². The minimum atomic E-state index is -0.460. The van der Waals surface area contributed by atoms with Gasteiger partial charge in [-0.25, -0.2) is 0 Å². The fourth-order valence-electron chi connectivity index (χ4n) is 3.79. The first-order chi connectivity index (χ1) is 12.6. The number of carbonyl (C=O) groups excluding carboxylic acids is 2. The molecule has 2 aliphatic rings. The van der Waals surface area contributed by atoms with Crippen LogP contribution < -0.4 is 10.6 Å². The Morgan fingerprint density at radius 3 is 2.54 bits per heavy atom. The largest absolute Gasteiger partial charge is 0.503 e. The molecule has 1 fully saturated rings. The van der Waals surface area contributed by atoms with Gasteiger partial charge in [0.05, 0.1) is 12.1 Å². The molecule has 0 atom stereocenters. The summed E-state index contributed by atoms with van der Waals surface area (Å²) in [5.41, 5.74) is 1.55. The van der Waals surface area contributed by atoms with E-state index in [0.29, 0.717) is 19.0 Å². The highest BCUT2D eigenvalue weighted by Crippen LogP contribution is 2.32. The van der Waals surface area contributed by atoms with Crippen molar-refractivity contribution in [3.05, 3.63) is 47.2 Å². The van der Waals surface area contributed by atoms with Gasteiger partial charge < -0.3 is 20.6 Å². The molecule has 3 N–H and O–H groups in total. The second kappa shape index (κ2) is 8.36. The Bertz CT molecular complexity index is 679. The first kappa shape index (κ1) is 18.5. The molecular weight excluding hydrogens is 330 g/mol. The maximum absolute atomic E-state index is 12.5. The molecule has 3 rings (SSSR count). The number of nitrogens with zero attached hydrogens (tertiary/aromatic N) is 1. The lowest BCUT2D eigenvalue weighted by Crippen LogP contribution is -2.39. The van der Waals surface area contributed by atoms with Crippen LogP contribution in [0.15, 0.2) is 41.7 Å². The molecule has 1 aromatic rings. The number of likely N-dealkylation sites (N-methyl/N-ethyl adjacent to an activating group) is 1.